The fourth-order valence-corrected chi connectivity index (χ4v) is 4.82. The van der Waals surface area contributed by atoms with Crippen LogP contribution in [-0.4, -0.2) is 17.9 Å². The molecule has 4 fully saturated rings. The Hall–Kier alpha value is -0.860. The van der Waals surface area contributed by atoms with Crippen LogP contribution in [0.2, 0.25) is 0 Å². The van der Waals surface area contributed by atoms with E-state index in [4.69, 9.17) is 4.74 Å². The Morgan fingerprint density at radius 3 is 2.79 bits per heavy atom. The van der Waals surface area contributed by atoms with Crippen molar-refractivity contribution in [1.82, 2.24) is 0 Å². The van der Waals surface area contributed by atoms with Crippen molar-refractivity contribution < 1.29 is 14.3 Å². The maximum Gasteiger partial charge on any atom is 0.310 e. The fourth-order valence-electron chi connectivity index (χ4n) is 4.82. The summed E-state index contributed by atoms with van der Waals surface area (Å²) in [6.45, 7) is 4.19. The van der Waals surface area contributed by atoms with Crippen molar-refractivity contribution in [1.29, 1.82) is 0 Å². The van der Waals surface area contributed by atoms with Crippen molar-refractivity contribution >= 4 is 11.8 Å². The molecule has 3 nitrogen and oxygen atoms in total. The van der Waals surface area contributed by atoms with Gasteiger partial charge in [0.1, 0.15) is 0 Å². The first kappa shape index (κ1) is 7.43. The Labute approximate surface area is 81.8 Å². The molecule has 0 aromatic rings. The topological polar surface area (TPSA) is 43.4 Å². The molecule has 14 heavy (non-hydrogen) atoms. The molecule has 3 aliphatic carbocycles. The van der Waals surface area contributed by atoms with Crippen LogP contribution in [0.5, 0.6) is 0 Å². The van der Waals surface area contributed by atoms with Crippen LogP contribution in [-0.2, 0) is 14.3 Å². The van der Waals surface area contributed by atoms with Gasteiger partial charge in [-0.2, -0.15) is 0 Å². The smallest absolute Gasteiger partial charge is 0.310 e. The summed E-state index contributed by atoms with van der Waals surface area (Å²) < 4.78 is 5.23. The van der Waals surface area contributed by atoms with E-state index in [1.165, 1.54) is 0 Å². The number of rotatable bonds is 0. The number of carbonyl (C=O) groups excluding carboxylic acids is 2. The van der Waals surface area contributed by atoms with Gasteiger partial charge < -0.3 is 4.74 Å². The minimum Gasteiger partial charge on any atom is -0.453 e. The monoisotopic (exact) mass is 192 g/mol. The van der Waals surface area contributed by atoms with Crippen molar-refractivity contribution in [3.8, 4) is 0 Å². The first-order valence-corrected chi connectivity index (χ1v) is 5.32. The van der Waals surface area contributed by atoms with Gasteiger partial charge in [-0.25, -0.2) is 0 Å². The highest BCUT2D eigenvalue weighted by atomic mass is 16.6. The number of carbonyl (C=O) groups is 2. The van der Waals surface area contributed by atoms with E-state index in [-0.39, 0.29) is 29.0 Å². The Bertz CT molecular complexity index is 388. The lowest BCUT2D eigenvalue weighted by Gasteiger charge is -2.23. The largest absolute Gasteiger partial charge is 0.453 e. The number of hydrogen-bond acceptors (Lipinski definition) is 3. The molecule has 1 saturated heterocycles. The highest BCUT2D eigenvalue weighted by Crippen LogP contribution is 2.79. The Morgan fingerprint density at radius 2 is 2.07 bits per heavy atom. The van der Waals surface area contributed by atoms with Crippen LogP contribution in [0.25, 0.3) is 0 Å². The van der Waals surface area contributed by atoms with Crippen LogP contribution in [0.3, 0.4) is 0 Å². The average Bonchev–Trinajstić information content (AvgIpc) is 2.69. The summed E-state index contributed by atoms with van der Waals surface area (Å²) in [6.07, 6.45) is -0.392. The van der Waals surface area contributed by atoms with Crippen LogP contribution in [0.1, 0.15) is 13.8 Å². The molecule has 3 saturated carbocycles. The molecule has 0 unspecified atom stereocenters. The normalized spacial score (nSPS) is 67.0. The van der Waals surface area contributed by atoms with Gasteiger partial charge in [0.2, 0.25) is 0 Å². The predicted octanol–water partition coefficient (Wildman–Crippen LogP) is 0.629. The maximum atomic E-state index is 11.9. The molecule has 4 aliphatic rings. The summed E-state index contributed by atoms with van der Waals surface area (Å²) in [5.41, 5.74) is -0.136. The van der Waals surface area contributed by atoms with Crippen molar-refractivity contribution in [2.24, 2.45) is 35.0 Å². The molecular formula is C11H12O3. The lowest BCUT2D eigenvalue weighted by molar-refractivity contribution is -0.151. The van der Waals surface area contributed by atoms with E-state index in [9.17, 15) is 9.59 Å². The van der Waals surface area contributed by atoms with Crippen LogP contribution in [0, 0.1) is 35.0 Å². The number of Topliss-reactive ketones (excluding diaryl/α,β-unsaturated/α-hetero) is 1. The molecule has 3 heteroatoms. The average molecular weight is 192 g/mol. The zero-order chi connectivity index (χ0) is 9.83. The van der Waals surface area contributed by atoms with E-state index in [0.717, 1.165) is 0 Å². The summed E-state index contributed by atoms with van der Waals surface area (Å²) >= 11 is 0. The van der Waals surface area contributed by atoms with Gasteiger partial charge in [-0.05, 0) is 17.8 Å². The first-order valence-electron chi connectivity index (χ1n) is 5.32. The summed E-state index contributed by atoms with van der Waals surface area (Å²) in [7, 11) is 0. The summed E-state index contributed by atoms with van der Waals surface area (Å²) in [4.78, 5) is 23.5. The van der Waals surface area contributed by atoms with Crippen molar-refractivity contribution in [3.63, 3.8) is 0 Å². The van der Waals surface area contributed by atoms with Crippen LogP contribution < -0.4 is 0 Å². The van der Waals surface area contributed by atoms with E-state index in [1.54, 1.807) is 0 Å². The molecule has 0 spiro atoms. The van der Waals surface area contributed by atoms with Crippen LogP contribution >= 0.6 is 0 Å². The number of ketones is 1. The van der Waals surface area contributed by atoms with Gasteiger partial charge in [0, 0.05) is 11.3 Å². The number of ether oxygens (including phenoxy) is 1. The quantitative estimate of drug-likeness (QED) is 0.529. The third kappa shape index (κ3) is 0.438. The van der Waals surface area contributed by atoms with Gasteiger partial charge in [-0.1, -0.05) is 13.8 Å². The molecule has 1 heterocycles. The second-order valence-corrected chi connectivity index (χ2v) is 5.55. The SMILES string of the molecule is C[C@H]1[C@@H]2[C@@H]3C(=O)[C@@H]4OC(=O)[C@H]1[C@]4(C)[C@@H]32. The lowest BCUT2D eigenvalue weighted by Crippen LogP contribution is -2.32. The Morgan fingerprint density at radius 1 is 1.36 bits per heavy atom. The van der Waals surface area contributed by atoms with Gasteiger partial charge in [-0.15, -0.1) is 0 Å². The van der Waals surface area contributed by atoms with Gasteiger partial charge >= 0.3 is 5.97 Å². The zero-order valence-electron chi connectivity index (χ0n) is 8.19. The molecule has 74 valence electrons. The molecular weight excluding hydrogens is 180 g/mol. The van der Waals surface area contributed by atoms with Gasteiger partial charge in [-0.3, -0.25) is 9.59 Å². The Kier molecular flexibility index (Phi) is 0.881. The third-order valence-corrected chi connectivity index (χ3v) is 5.24. The molecule has 0 amide bonds. The molecule has 1 aliphatic heterocycles. The predicted molar refractivity (Wildman–Crippen MR) is 46.1 cm³/mol. The number of hydrogen-bond donors (Lipinski definition) is 0. The molecule has 7 atom stereocenters. The molecule has 0 radical (unpaired) electrons. The molecule has 0 N–H and O–H groups in total. The van der Waals surface area contributed by atoms with E-state index in [0.29, 0.717) is 17.8 Å². The van der Waals surface area contributed by atoms with Crippen LogP contribution in [0.4, 0.5) is 0 Å². The number of esters is 1. The van der Waals surface area contributed by atoms with Gasteiger partial charge in [0.15, 0.2) is 11.9 Å². The number of fused-ring (bicyclic) bond motifs is 1. The first-order chi connectivity index (χ1) is 6.58. The highest BCUT2D eigenvalue weighted by Gasteiger charge is 2.85. The van der Waals surface area contributed by atoms with E-state index >= 15 is 0 Å². The van der Waals surface area contributed by atoms with E-state index in [1.807, 2.05) is 0 Å². The molecule has 0 aromatic heterocycles. The van der Waals surface area contributed by atoms with E-state index in [2.05, 4.69) is 13.8 Å². The Balaban J connectivity index is 1.98. The second-order valence-electron chi connectivity index (χ2n) is 5.55. The minimum atomic E-state index is -0.392. The maximum absolute atomic E-state index is 11.9. The van der Waals surface area contributed by atoms with Crippen molar-refractivity contribution in [3.05, 3.63) is 0 Å². The van der Waals surface area contributed by atoms with Crippen molar-refractivity contribution in [2.45, 2.75) is 20.0 Å². The summed E-state index contributed by atoms with van der Waals surface area (Å²) in [5, 5.41) is 0. The van der Waals surface area contributed by atoms with E-state index < -0.39 is 6.10 Å². The lowest BCUT2D eigenvalue weighted by atomic mass is 9.75. The second kappa shape index (κ2) is 1.66. The summed E-state index contributed by atoms with van der Waals surface area (Å²) in [6, 6.07) is 0. The molecule has 0 bridgehead atoms. The van der Waals surface area contributed by atoms with Crippen molar-refractivity contribution in [2.75, 3.05) is 0 Å². The zero-order valence-corrected chi connectivity index (χ0v) is 8.19. The standard InChI is InChI=1S/C11H12O3/c1-3-4-5-7(4)11(2)6(3)10(13)14-9(11)8(5)12/h3-7,9H,1-2H3/t3-,4+,5-,6-,7+,9-,11+/m0/s1. The highest BCUT2D eigenvalue weighted by molar-refractivity contribution is 5.99. The molecule has 0 aromatic carbocycles. The molecule has 4 rings (SSSR count). The minimum absolute atomic E-state index is 0.00481. The third-order valence-electron chi connectivity index (χ3n) is 5.24. The van der Waals surface area contributed by atoms with Gasteiger partial charge in [0.05, 0.1) is 5.92 Å². The summed E-state index contributed by atoms with van der Waals surface area (Å²) in [5.74, 6) is 1.66. The van der Waals surface area contributed by atoms with Crippen LogP contribution in [0.15, 0.2) is 0 Å². The fraction of sp³-hybridized carbons (Fsp3) is 0.818. The van der Waals surface area contributed by atoms with Gasteiger partial charge in [0.25, 0.3) is 0 Å².